The summed E-state index contributed by atoms with van der Waals surface area (Å²) in [6.45, 7) is 1.04. The molecule has 2 nitrogen and oxygen atoms in total. The Morgan fingerprint density at radius 3 is 2.62 bits per heavy atom. The van der Waals surface area contributed by atoms with Gasteiger partial charge < -0.3 is 10.8 Å². The van der Waals surface area contributed by atoms with Gasteiger partial charge in [0, 0.05) is 5.56 Å². The monoisotopic (exact) mass is 187 g/mol. The van der Waals surface area contributed by atoms with Gasteiger partial charge in [-0.05, 0) is 18.6 Å². The van der Waals surface area contributed by atoms with Crippen LogP contribution >= 0.6 is 0 Å². The highest BCUT2D eigenvalue weighted by molar-refractivity contribution is 5.28. The Labute approximate surface area is 75.0 Å². The van der Waals surface area contributed by atoms with E-state index in [1.54, 1.807) is 0 Å². The lowest BCUT2D eigenvalue weighted by molar-refractivity contribution is 0.262. The number of aryl methyl sites for hydroxylation is 1. The topological polar surface area (TPSA) is 46.2 Å². The van der Waals surface area contributed by atoms with E-state index >= 15 is 0 Å². The molecule has 0 spiro atoms. The predicted molar refractivity (Wildman–Crippen MR) is 45.1 cm³/mol. The lowest BCUT2D eigenvalue weighted by Gasteiger charge is -2.12. The van der Waals surface area contributed by atoms with Crippen LogP contribution in [0.3, 0.4) is 0 Å². The minimum absolute atomic E-state index is 0.248. The maximum atomic E-state index is 13.3. The summed E-state index contributed by atoms with van der Waals surface area (Å²) in [6, 6.07) is 1.47. The van der Waals surface area contributed by atoms with Crippen LogP contribution in [0.4, 0.5) is 8.78 Å². The molecule has 0 bridgehead atoms. The van der Waals surface area contributed by atoms with Crippen molar-refractivity contribution in [2.75, 3.05) is 6.61 Å². The smallest absolute Gasteiger partial charge is 0.133 e. The average molecular weight is 187 g/mol. The molecule has 1 aromatic rings. The minimum atomic E-state index is -1.00. The SMILES string of the molecule is Cc1ccc(F)c([C@@H](N)CO)c1F. The highest BCUT2D eigenvalue weighted by Crippen LogP contribution is 2.21. The van der Waals surface area contributed by atoms with Gasteiger partial charge in [0.05, 0.1) is 12.6 Å². The molecule has 1 atom stereocenters. The van der Waals surface area contributed by atoms with Gasteiger partial charge in [-0.3, -0.25) is 0 Å². The largest absolute Gasteiger partial charge is 0.394 e. The first kappa shape index (κ1) is 10.1. The first-order valence-electron chi connectivity index (χ1n) is 3.89. The summed E-state index contributed by atoms with van der Waals surface area (Å²) in [6.07, 6.45) is 0. The van der Waals surface area contributed by atoms with E-state index in [0.29, 0.717) is 5.56 Å². The highest BCUT2D eigenvalue weighted by Gasteiger charge is 2.17. The molecule has 1 aromatic carbocycles. The minimum Gasteiger partial charge on any atom is -0.394 e. The molecule has 0 aromatic heterocycles. The number of hydrogen-bond acceptors (Lipinski definition) is 2. The Kier molecular flexibility index (Phi) is 2.95. The van der Waals surface area contributed by atoms with Gasteiger partial charge in [0.25, 0.3) is 0 Å². The third kappa shape index (κ3) is 1.84. The molecule has 0 aliphatic carbocycles. The fraction of sp³-hybridized carbons (Fsp3) is 0.333. The van der Waals surface area contributed by atoms with Gasteiger partial charge in [-0.15, -0.1) is 0 Å². The third-order valence-electron chi connectivity index (χ3n) is 1.89. The Morgan fingerprint density at radius 1 is 1.46 bits per heavy atom. The molecule has 0 saturated heterocycles. The standard InChI is InChI=1S/C9H11F2NO/c1-5-2-3-6(10)8(9(5)11)7(12)4-13/h2-3,7,13H,4,12H2,1H3/t7-/m0/s1. The third-order valence-corrected chi connectivity index (χ3v) is 1.89. The molecule has 4 heteroatoms. The van der Waals surface area contributed by atoms with Crippen molar-refractivity contribution >= 4 is 0 Å². The second kappa shape index (κ2) is 3.81. The Bertz CT molecular complexity index is 315. The fourth-order valence-electron chi connectivity index (χ4n) is 1.11. The van der Waals surface area contributed by atoms with Gasteiger partial charge in [0.15, 0.2) is 0 Å². The number of aliphatic hydroxyl groups is 1. The van der Waals surface area contributed by atoms with Crippen LogP contribution in [0.1, 0.15) is 17.2 Å². The summed E-state index contributed by atoms with van der Waals surface area (Å²) in [5.74, 6) is -1.40. The summed E-state index contributed by atoms with van der Waals surface area (Å²) in [5.41, 5.74) is 5.41. The van der Waals surface area contributed by atoms with Crippen molar-refractivity contribution in [3.05, 3.63) is 34.9 Å². The van der Waals surface area contributed by atoms with Crippen molar-refractivity contribution in [2.45, 2.75) is 13.0 Å². The molecule has 0 aliphatic rings. The van der Waals surface area contributed by atoms with Crippen LogP contribution in [0, 0.1) is 18.6 Å². The quantitative estimate of drug-likeness (QED) is 0.732. The Hall–Kier alpha value is -1.00. The molecule has 0 fully saturated rings. The Morgan fingerprint density at radius 2 is 2.08 bits per heavy atom. The number of rotatable bonds is 2. The van der Waals surface area contributed by atoms with E-state index in [2.05, 4.69) is 0 Å². The van der Waals surface area contributed by atoms with Crippen molar-refractivity contribution in [2.24, 2.45) is 5.73 Å². The highest BCUT2D eigenvalue weighted by atomic mass is 19.1. The number of nitrogens with two attached hydrogens (primary N) is 1. The van der Waals surface area contributed by atoms with Gasteiger partial charge in [0.2, 0.25) is 0 Å². The van der Waals surface area contributed by atoms with Crippen molar-refractivity contribution in [3.8, 4) is 0 Å². The lowest BCUT2D eigenvalue weighted by atomic mass is 10.0. The Balaban J connectivity index is 3.25. The van der Waals surface area contributed by atoms with Crippen molar-refractivity contribution in [1.82, 2.24) is 0 Å². The molecule has 13 heavy (non-hydrogen) atoms. The normalized spacial score (nSPS) is 13.0. The van der Waals surface area contributed by atoms with Gasteiger partial charge in [-0.1, -0.05) is 6.07 Å². The summed E-state index contributed by atoms with van der Waals surface area (Å²) in [4.78, 5) is 0. The first-order valence-corrected chi connectivity index (χ1v) is 3.89. The zero-order valence-corrected chi connectivity index (χ0v) is 7.22. The van der Waals surface area contributed by atoms with E-state index in [1.807, 2.05) is 0 Å². The average Bonchev–Trinajstić information content (AvgIpc) is 2.12. The second-order valence-corrected chi connectivity index (χ2v) is 2.88. The molecule has 0 aliphatic heterocycles. The van der Waals surface area contributed by atoms with E-state index in [-0.39, 0.29) is 5.56 Å². The molecule has 0 heterocycles. The maximum Gasteiger partial charge on any atom is 0.133 e. The molecule has 0 saturated carbocycles. The van der Waals surface area contributed by atoms with E-state index in [1.165, 1.54) is 13.0 Å². The predicted octanol–water partition coefficient (Wildman–Crippen LogP) is 1.27. The number of hydrogen-bond donors (Lipinski definition) is 2. The molecular formula is C9H11F2NO. The van der Waals surface area contributed by atoms with Crippen LogP contribution in [0.2, 0.25) is 0 Å². The lowest BCUT2D eigenvalue weighted by Crippen LogP contribution is -2.18. The van der Waals surface area contributed by atoms with E-state index < -0.39 is 24.3 Å². The molecule has 0 radical (unpaired) electrons. The summed E-state index contributed by atoms with van der Waals surface area (Å²) in [7, 11) is 0. The molecule has 3 N–H and O–H groups in total. The molecular weight excluding hydrogens is 176 g/mol. The zero-order chi connectivity index (χ0) is 10.0. The van der Waals surface area contributed by atoms with E-state index in [4.69, 9.17) is 10.8 Å². The molecule has 1 rings (SSSR count). The van der Waals surface area contributed by atoms with Crippen LogP contribution < -0.4 is 5.73 Å². The zero-order valence-electron chi connectivity index (χ0n) is 7.22. The van der Waals surface area contributed by atoms with E-state index in [9.17, 15) is 8.78 Å². The summed E-state index contributed by atoms with van der Waals surface area (Å²) >= 11 is 0. The molecule has 72 valence electrons. The molecule has 0 amide bonds. The van der Waals surface area contributed by atoms with E-state index in [0.717, 1.165) is 6.07 Å². The van der Waals surface area contributed by atoms with Crippen molar-refractivity contribution in [3.63, 3.8) is 0 Å². The summed E-state index contributed by atoms with van der Waals surface area (Å²) < 4.78 is 26.3. The fourth-order valence-corrected chi connectivity index (χ4v) is 1.11. The van der Waals surface area contributed by atoms with Gasteiger partial charge in [-0.25, -0.2) is 8.78 Å². The van der Waals surface area contributed by atoms with Gasteiger partial charge in [-0.2, -0.15) is 0 Å². The number of halogens is 2. The second-order valence-electron chi connectivity index (χ2n) is 2.88. The van der Waals surface area contributed by atoms with Crippen molar-refractivity contribution < 1.29 is 13.9 Å². The number of benzene rings is 1. The first-order chi connectivity index (χ1) is 6.07. The van der Waals surface area contributed by atoms with Crippen molar-refractivity contribution in [1.29, 1.82) is 0 Å². The van der Waals surface area contributed by atoms with Crippen LogP contribution in [0.5, 0.6) is 0 Å². The van der Waals surface area contributed by atoms with Crippen LogP contribution in [0.25, 0.3) is 0 Å². The molecule has 0 unspecified atom stereocenters. The number of aliphatic hydroxyl groups excluding tert-OH is 1. The van der Waals surface area contributed by atoms with Gasteiger partial charge >= 0.3 is 0 Å². The summed E-state index contributed by atoms with van der Waals surface area (Å²) in [5, 5.41) is 8.67. The maximum absolute atomic E-state index is 13.3. The van der Waals surface area contributed by atoms with Crippen LogP contribution in [-0.2, 0) is 0 Å². The van der Waals surface area contributed by atoms with Crippen LogP contribution in [0.15, 0.2) is 12.1 Å². The van der Waals surface area contributed by atoms with Gasteiger partial charge in [0.1, 0.15) is 11.6 Å². The van der Waals surface area contributed by atoms with Crippen LogP contribution in [-0.4, -0.2) is 11.7 Å².